The van der Waals surface area contributed by atoms with Crippen LogP contribution in [0.15, 0.2) is 77.7 Å². The standard InChI is InChI=1S/C24H29N3O/c1-6-18(13-14-21-8-7-15-25-21)23-22(24(28)27(5)17(4)26-23)20-11-9-19(10-12-20)16(2)3/h6-7,9-16,22-23,26H,4,8H2,1-3,5H3/b14-13-,18-6+. The van der Waals surface area contributed by atoms with E-state index in [4.69, 9.17) is 0 Å². The summed E-state index contributed by atoms with van der Waals surface area (Å²) in [5.74, 6) is 0.829. The van der Waals surface area contributed by atoms with Crippen LogP contribution in [0.25, 0.3) is 0 Å². The Kier molecular flexibility index (Phi) is 5.98. The summed E-state index contributed by atoms with van der Waals surface area (Å²) in [6.07, 6.45) is 10.9. The quantitative estimate of drug-likeness (QED) is 0.761. The Labute approximate surface area is 168 Å². The molecule has 1 amide bonds. The minimum Gasteiger partial charge on any atom is -0.364 e. The second kappa shape index (κ2) is 8.42. The minimum atomic E-state index is -0.309. The van der Waals surface area contributed by atoms with Gasteiger partial charge in [0.25, 0.3) is 0 Å². The van der Waals surface area contributed by atoms with Crippen molar-refractivity contribution in [3.8, 4) is 0 Å². The summed E-state index contributed by atoms with van der Waals surface area (Å²) in [7, 11) is 1.77. The first-order valence-corrected chi connectivity index (χ1v) is 9.81. The van der Waals surface area contributed by atoms with E-state index in [1.54, 1.807) is 11.9 Å². The number of hydrogen-bond acceptors (Lipinski definition) is 3. The molecule has 0 radical (unpaired) electrons. The third-order valence-corrected chi connectivity index (χ3v) is 5.45. The first kappa shape index (κ1) is 19.9. The molecule has 2 unspecified atom stereocenters. The van der Waals surface area contributed by atoms with Gasteiger partial charge < -0.3 is 10.2 Å². The second-order valence-electron chi connectivity index (χ2n) is 7.60. The van der Waals surface area contributed by atoms with Crippen LogP contribution < -0.4 is 5.32 Å². The van der Waals surface area contributed by atoms with Crippen molar-refractivity contribution < 1.29 is 4.79 Å². The lowest BCUT2D eigenvalue weighted by atomic mass is 9.83. The predicted molar refractivity (Wildman–Crippen MR) is 116 cm³/mol. The lowest BCUT2D eigenvalue weighted by Crippen LogP contribution is -2.52. The number of hydrogen-bond donors (Lipinski definition) is 1. The molecule has 146 valence electrons. The van der Waals surface area contributed by atoms with Crippen LogP contribution in [0, 0.1) is 0 Å². The van der Waals surface area contributed by atoms with Gasteiger partial charge in [0.1, 0.15) is 5.82 Å². The van der Waals surface area contributed by atoms with Crippen LogP contribution in [-0.2, 0) is 4.79 Å². The normalized spacial score (nSPS) is 23.0. The maximum absolute atomic E-state index is 13.2. The molecule has 2 heterocycles. The lowest BCUT2D eigenvalue weighted by molar-refractivity contribution is -0.132. The molecule has 1 fully saturated rings. The van der Waals surface area contributed by atoms with Crippen molar-refractivity contribution in [1.82, 2.24) is 10.2 Å². The van der Waals surface area contributed by atoms with Crippen LogP contribution in [0.5, 0.6) is 0 Å². The number of nitrogens with zero attached hydrogens (tertiary/aromatic N) is 2. The largest absolute Gasteiger partial charge is 0.364 e. The first-order chi connectivity index (χ1) is 13.4. The van der Waals surface area contributed by atoms with Crippen molar-refractivity contribution >= 4 is 11.6 Å². The van der Waals surface area contributed by atoms with Gasteiger partial charge in [-0.3, -0.25) is 9.79 Å². The van der Waals surface area contributed by atoms with Crippen molar-refractivity contribution in [1.29, 1.82) is 0 Å². The molecular formula is C24H29N3O. The van der Waals surface area contributed by atoms with Crippen molar-refractivity contribution in [3.63, 3.8) is 0 Å². The number of amides is 1. The van der Waals surface area contributed by atoms with Gasteiger partial charge in [0.2, 0.25) is 5.91 Å². The van der Waals surface area contributed by atoms with E-state index in [9.17, 15) is 4.79 Å². The number of benzene rings is 1. The third kappa shape index (κ3) is 4.01. The fourth-order valence-electron chi connectivity index (χ4n) is 3.60. The number of allylic oxidation sites excluding steroid dienone is 3. The van der Waals surface area contributed by atoms with Crippen molar-refractivity contribution in [2.24, 2.45) is 4.99 Å². The van der Waals surface area contributed by atoms with E-state index >= 15 is 0 Å². The molecule has 1 aromatic rings. The number of carbonyl (C=O) groups excluding carboxylic acids is 1. The topological polar surface area (TPSA) is 44.7 Å². The van der Waals surface area contributed by atoms with Crippen LogP contribution in [0.2, 0.25) is 0 Å². The van der Waals surface area contributed by atoms with Gasteiger partial charge >= 0.3 is 0 Å². The predicted octanol–water partition coefficient (Wildman–Crippen LogP) is 4.66. The first-order valence-electron chi connectivity index (χ1n) is 9.81. The van der Waals surface area contributed by atoms with Gasteiger partial charge in [-0.1, -0.05) is 62.9 Å². The van der Waals surface area contributed by atoms with E-state index in [1.807, 2.05) is 25.3 Å². The molecular weight excluding hydrogens is 346 g/mol. The molecule has 0 saturated carbocycles. The fraction of sp³-hybridized carbons (Fsp3) is 0.333. The highest BCUT2D eigenvalue weighted by Crippen LogP contribution is 2.32. The molecule has 3 rings (SSSR count). The number of carbonyl (C=O) groups is 1. The monoisotopic (exact) mass is 375 g/mol. The van der Waals surface area contributed by atoms with Crippen LogP contribution in [0.4, 0.5) is 0 Å². The summed E-state index contributed by atoms with van der Waals surface area (Å²) in [5.41, 5.74) is 4.36. The van der Waals surface area contributed by atoms with E-state index in [0.29, 0.717) is 11.7 Å². The Balaban J connectivity index is 1.95. The molecule has 1 saturated heterocycles. The van der Waals surface area contributed by atoms with Gasteiger partial charge in [0.15, 0.2) is 0 Å². The van der Waals surface area contributed by atoms with Crippen molar-refractivity contribution in [2.75, 3.05) is 7.05 Å². The van der Waals surface area contributed by atoms with E-state index in [1.165, 1.54) is 5.56 Å². The highest BCUT2D eigenvalue weighted by molar-refractivity contribution is 5.98. The Hall–Kier alpha value is -2.88. The molecule has 2 aliphatic heterocycles. The Bertz CT molecular complexity index is 872. The molecule has 0 aliphatic carbocycles. The summed E-state index contributed by atoms with van der Waals surface area (Å²) in [4.78, 5) is 19.1. The summed E-state index contributed by atoms with van der Waals surface area (Å²) in [6.45, 7) is 10.4. The van der Waals surface area contributed by atoms with Crippen molar-refractivity contribution in [3.05, 3.63) is 83.9 Å². The van der Waals surface area contributed by atoms with Gasteiger partial charge in [-0.2, -0.15) is 0 Å². The number of aliphatic imine (C=N–C) groups is 1. The number of likely N-dealkylation sites (N-methyl/N-ethyl adjacent to an activating group) is 1. The molecule has 0 spiro atoms. The number of nitrogens with one attached hydrogen (secondary N) is 1. The fourth-order valence-corrected chi connectivity index (χ4v) is 3.60. The number of rotatable bonds is 5. The van der Waals surface area contributed by atoms with E-state index in [0.717, 1.165) is 23.3 Å². The van der Waals surface area contributed by atoms with Gasteiger partial charge in [-0.15, -0.1) is 0 Å². The molecule has 2 atom stereocenters. The zero-order valence-electron chi connectivity index (χ0n) is 17.1. The van der Waals surface area contributed by atoms with Crippen molar-refractivity contribution in [2.45, 2.75) is 45.1 Å². The van der Waals surface area contributed by atoms with Crippen LogP contribution in [-0.4, -0.2) is 29.6 Å². The van der Waals surface area contributed by atoms with Gasteiger partial charge in [-0.25, -0.2) is 0 Å². The second-order valence-corrected chi connectivity index (χ2v) is 7.60. The molecule has 1 aromatic carbocycles. The molecule has 4 heteroatoms. The summed E-state index contributed by atoms with van der Waals surface area (Å²) < 4.78 is 0. The van der Waals surface area contributed by atoms with Gasteiger partial charge in [0.05, 0.1) is 12.0 Å². The highest BCUT2D eigenvalue weighted by Gasteiger charge is 2.39. The molecule has 4 nitrogen and oxygen atoms in total. The SMILES string of the molecule is C=C1NC(C(/C=C\C2=NC=CC2)=C/C)C(c2ccc(C(C)C)cc2)C(=O)N1C. The van der Waals surface area contributed by atoms with Crippen LogP contribution >= 0.6 is 0 Å². The average Bonchev–Trinajstić information content (AvgIpc) is 3.20. The molecule has 1 N–H and O–H groups in total. The summed E-state index contributed by atoms with van der Waals surface area (Å²) in [5, 5.41) is 3.44. The molecule has 0 bridgehead atoms. The Morgan fingerprint density at radius 1 is 1.32 bits per heavy atom. The maximum Gasteiger partial charge on any atom is 0.237 e. The zero-order valence-corrected chi connectivity index (χ0v) is 17.1. The van der Waals surface area contributed by atoms with E-state index in [-0.39, 0.29) is 17.9 Å². The zero-order chi connectivity index (χ0) is 20.3. The summed E-state index contributed by atoms with van der Waals surface area (Å²) >= 11 is 0. The van der Waals surface area contributed by atoms with Gasteiger partial charge in [0, 0.05) is 25.4 Å². The molecule has 28 heavy (non-hydrogen) atoms. The van der Waals surface area contributed by atoms with E-state index < -0.39 is 0 Å². The van der Waals surface area contributed by atoms with Crippen LogP contribution in [0.3, 0.4) is 0 Å². The highest BCUT2D eigenvalue weighted by atomic mass is 16.2. The smallest absolute Gasteiger partial charge is 0.237 e. The Morgan fingerprint density at radius 2 is 2.04 bits per heavy atom. The van der Waals surface area contributed by atoms with Gasteiger partial charge in [-0.05, 0) is 35.6 Å². The Morgan fingerprint density at radius 3 is 2.61 bits per heavy atom. The van der Waals surface area contributed by atoms with E-state index in [2.05, 4.69) is 67.2 Å². The minimum absolute atomic E-state index is 0.0543. The molecule has 2 aliphatic rings. The molecule has 0 aromatic heterocycles. The average molecular weight is 376 g/mol. The summed E-state index contributed by atoms with van der Waals surface area (Å²) in [6, 6.07) is 8.24. The lowest BCUT2D eigenvalue weighted by Gasteiger charge is -2.39. The third-order valence-electron chi connectivity index (χ3n) is 5.45. The van der Waals surface area contributed by atoms with Crippen LogP contribution in [0.1, 0.15) is 50.2 Å². The maximum atomic E-state index is 13.2.